The molecule has 0 radical (unpaired) electrons. The van der Waals surface area contributed by atoms with Gasteiger partial charge in [-0.25, -0.2) is 0 Å². The average Bonchev–Trinajstić information content (AvgIpc) is 2.52. The van der Waals surface area contributed by atoms with Crippen molar-refractivity contribution in [3.8, 4) is 11.5 Å². The number of para-hydroxylation sites is 1. The Kier molecular flexibility index (Phi) is 4.45. The van der Waals surface area contributed by atoms with Crippen molar-refractivity contribution in [2.24, 2.45) is 0 Å². The van der Waals surface area contributed by atoms with Crippen LogP contribution in [0.4, 0.5) is 5.82 Å². The van der Waals surface area contributed by atoms with Crippen molar-refractivity contribution in [2.75, 3.05) is 13.7 Å². The lowest BCUT2D eigenvalue weighted by Gasteiger charge is -2.08. The van der Waals surface area contributed by atoms with Gasteiger partial charge in [0.1, 0.15) is 11.9 Å². The van der Waals surface area contributed by atoms with Gasteiger partial charge < -0.3 is 19.6 Å². The Morgan fingerprint density at radius 3 is 2.67 bits per heavy atom. The summed E-state index contributed by atoms with van der Waals surface area (Å²) in [5.74, 6) is -0.395. The largest absolute Gasteiger partial charge is 0.496 e. The Bertz CT molecular complexity index is 672. The average molecular weight is 288 g/mol. The van der Waals surface area contributed by atoms with Gasteiger partial charge in [-0.3, -0.25) is 4.79 Å². The third-order valence-electron chi connectivity index (χ3n) is 2.69. The Hall–Kier alpha value is -2.96. The molecule has 0 unspecified atom stereocenters. The summed E-state index contributed by atoms with van der Waals surface area (Å²) in [5.41, 5.74) is 0.353. The quantitative estimate of drug-likeness (QED) is 0.460. The Balaban J connectivity index is 2.13. The highest BCUT2D eigenvalue weighted by Crippen LogP contribution is 2.24. The van der Waals surface area contributed by atoms with E-state index in [1.807, 2.05) is 0 Å². The minimum absolute atomic E-state index is 0.0502. The zero-order chi connectivity index (χ0) is 15.2. The van der Waals surface area contributed by atoms with Crippen molar-refractivity contribution in [2.45, 2.75) is 0 Å². The molecule has 108 valence electrons. The lowest BCUT2D eigenvalue weighted by molar-refractivity contribution is -0.390. The maximum Gasteiger partial charge on any atom is 0.406 e. The molecule has 0 saturated heterocycles. The Morgan fingerprint density at radius 1 is 1.24 bits per heavy atom. The third-order valence-corrected chi connectivity index (χ3v) is 2.69. The van der Waals surface area contributed by atoms with Crippen LogP contribution in [0, 0.1) is 10.1 Å². The summed E-state index contributed by atoms with van der Waals surface area (Å²) in [7, 11) is 1.46. The maximum atomic E-state index is 12.1. The number of nitro groups is 1. The van der Waals surface area contributed by atoms with E-state index < -0.39 is 10.7 Å². The normalized spacial score (nSPS) is 9.95. The van der Waals surface area contributed by atoms with E-state index in [9.17, 15) is 14.9 Å². The number of Topliss-reactive ketones (excluding diaryl/α,β-unsaturated/α-hetero) is 1. The molecule has 0 amide bonds. The van der Waals surface area contributed by atoms with Crippen LogP contribution < -0.4 is 9.47 Å². The van der Waals surface area contributed by atoms with Gasteiger partial charge in [0, 0.05) is 0 Å². The van der Waals surface area contributed by atoms with Crippen molar-refractivity contribution in [3.05, 3.63) is 58.3 Å². The number of benzene rings is 1. The number of ether oxygens (including phenoxy) is 2. The number of carbonyl (C=O) groups excluding carboxylic acids is 1. The first-order valence-electron chi connectivity index (χ1n) is 6.02. The molecule has 0 N–H and O–H groups in total. The summed E-state index contributed by atoms with van der Waals surface area (Å²) >= 11 is 0. The van der Waals surface area contributed by atoms with Gasteiger partial charge in [0.25, 0.3) is 0 Å². The molecule has 1 aromatic heterocycles. The summed E-state index contributed by atoms with van der Waals surface area (Å²) in [5, 5.41) is 10.8. The number of methoxy groups -OCH3 is 1. The Morgan fingerprint density at radius 2 is 1.95 bits per heavy atom. The number of rotatable bonds is 6. The molecule has 0 aliphatic rings. The van der Waals surface area contributed by atoms with E-state index in [0.717, 1.165) is 0 Å². The van der Waals surface area contributed by atoms with Crippen LogP contribution in [0.5, 0.6) is 11.5 Å². The molecule has 1 heterocycles. The van der Waals surface area contributed by atoms with Crippen LogP contribution in [0.1, 0.15) is 10.4 Å². The predicted molar refractivity (Wildman–Crippen MR) is 73.7 cm³/mol. The molecule has 2 aromatic rings. The standard InChI is InChI=1S/C14H12N2O5/c1-20-12-6-3-2-5-10(12)11(17)9-21-13-7-4-8-15-14(13)16(18)19/h2-8H,9H2,1H3. The van der Waals surface area contributed by atoms with E-state index in [1.54, 1.807) is 24.3 Å². The Labute approximate surface area is 120 Å². The van der Waals surface area contributed by atoms with Gasteiger partial charge >= 0.3 is 5.82 Å². The van der Waals surface area contributed by atoms with E-state index in [4.69, 9.17) is 9.47 Å². The minimum atomic E-state index is -0.664. The third kappa shape index (κ3) is 3.33. The fraction of sp³-hybridized carbons (Fsp3) is 0.143. The second kappa shape index (κ2) is 6.47. The molecule has 0 aliphatic carbocycles. The number of carbonyl (C=O) groups is 1. The van der Waals surface area contributed by atoms with Crippen LogP contribution >= 0.6 is 0 Å². The monoisotopic (exact) mass is 288 g/mol. The summed E-state index contributed by atoms with van der Waals surface area (Å²) in [6, 6.07) is 9.57. The lowest BCUT2D eigenvalue weighted by Crippen LogP contribution is -2.13. The van der Waals surface area contributed by atoms with Gasteiger partial charge in [-0.15, -0.1) is 0 Å². The predicted octanol–water partition coefficient (Wildman–Crippen LogP) is 2.26. The van der Waals surface area contributed by atoms with E-state index >= 15 is 0 Å². The molecule has 0 fully saturated rings. The zero-order valence-electron chi connectivity index (χ0n) is 11.2. The van der Waals surface area contributed by atoms with E-state index in [0.29, 0.717) is 11.3 Å². The highest BCUT2D eigenvalue weighted by atomic mass is 16.6. The molecule has 2 rings (SSSR count). The van der Waals surface area contributed by atoms with Gasteiger partial charge in [-0.1, -0.05) is 12.1 Å². The van der Waals surface area contributed by atoms with Crippen LogP contribution in [-0.2, 0) is 0 Å². The van der Waals surface area contributed by atoms with Crippen molar-refractivity contribution < 1.29 is 19.2 Å². The first kappa shape index (κ1) is 14.4. The van der Waals surface area contributed by atoms with Gasteiger partial charge in [0.15, 0.2) is 6.61 Å². The smallest absolute Gasteiger partial charge is 0.406 e. The van der Waals surface area contributed by atoms with E-state index in [2.05, 4.69) is 4.98 Å². The molecule has 0 saturated carbocycles. The number of pyridine rings is 1. The van der Waals surface area contributed by atoms with E-state index in [-0.39, 0.29) is 18.1 Å². The molecule has 0 bridgehead atoms. The fourth-order valence-electron chi connectivity index (χ4n) is 1.73. The van der Waals surface area contributed by atoms with Crippen molar-refractivity contribution in [3.63, 3.8) is 0 Å². The minimum Gasteiger partial charge on any atom is -0.496 e. The molecule has 0 aliphatic heterocycles. The topological polar surface area (TPSA) is 91.6 Å². The van der Waals surface area contributed by atoms with Crippen LogP contribution in [-0.4, -0.2) is 29.4 Å². The van der Waals surface area contributed by atoms with Gasteiger partial charge in [0.2, 0.25) is 11.5 Å². The maximum absolute atomic E-state index is 12.1. The highest BCUT2D eigenvalue weighted by molar-refractivity contribution is 5.99. The molecule has 1 aromatic carbocycles. The SMILES string of the molecule is COc1ccccc1C(=O)COc1cccnc1[N+](=O)[O-]. The number of hydrogen-bond acceptors (Lipinski definition) is 6. The van der Waals surface area contributed by atoms with Gasteiger partial charge in [0.05, 0.1) is 12.7 Å². The number of hydrogen-bond donors (Lipinski definition) is 0. The van der Waals surface area contributed by atoms with Crippen molar-refractivity contribution in [1.82, 2.24) is 4.98 Å². The van der Waals surface area contributed by atoms with Crippen molar-refractivity contribution in [1.29, 1.82) is 0 Å². The first-order chi connectivity index (χ1) is 10.1. The molecule has 7 nitrogen and oxygen atoms in total. The lowest BCUT2D eigenvalue weighted by atomic mass is 10.1. The number of aromatic nitrogens is 1. The van der Waals surface area contributed by atoms with Crippen LogP contribution in [0.2, 0.25) is 0 Å². The van der Waals surface area contributed by atoms with Gasteiger partial charge in [-0.2, -0.15) is 0 Å². The second-order valence-electron chi connectivity index (χ2n) is 3.99. The number of nitrogens with zero attached hydrogens (tertiary/aromatic N) is 2. The molecule has 0 spiro atoms. The van der Waals surface area contributed by atoms with Gasteiger partial charge in [-0.05, 0) is 34.2 Å². The first-order valence-corrected chi connectivity index (χ1v) is 6.02. The molecule has 0 atom stereocenters. The molecular weight excluding hydrogens is 276 g/mol. The van der Waals surface area contributed by atoms with E-state index in [1.165, 1.54) is 25.4 Å². The molecule has 7 heteroatoms. The molecule has 21 heavy (non-hydrogen) atoms. The zero-order valence-corrected chi connectivity index (χ0v) is 11.2. The second-order valence-corrected chi connectivity index (χ2v) is 3.99. The van der Waals surface area contributed by atoms with Crippen molar-refractivity contribution >= 4 is 11.6 Å². The van der Waals surface area contributed by atoms with Crippen LogP contribution in [0.25, 0.3) is 0 Å². The summed E-state index contributed by atoms with van der Waals surface area (Å²) in [6.45, 7) is -0.340. The fourth-order valence-corrected chi connectivity index (χ4v) is 1.73. The highest BCUT2D eigenvalue weighted by Gasteiger charge is 2.18. The summed E-state index contributed by atoms with van der Waals surface area (Å²) in [4.78, 5) is 25.8. The van der Waals surface area contributed by atoms with Crippen LogP contribution in [0.3, 0.4) is 0 Å². The summed E-state index contributed by atoms with van der Waals surface area (Å²) in [6.07, 6.45) is 1.28. The van der Waals surface area contributed by atoms with Crippen LogP contribution in [0.15, 0.2) is 42.6 Å². The summed E-state index contributed by atoms with van der Waals surface area (Å²) < 4.78 is 10.3. The molecular formula is C14H12N2O5. The number of ketones is 1.